The van der Waals surface area contributed by atoms with Crippen LogP contribution in [-0.2, 0) is 11.3 Å². The third kappa shape index (κ3) is 6.91. The van der Waals surface area contributed by atoms with Crippen LogP contribution in [0.15, 0.2) is 59.6 Å². The molecule has 0 unspecified atom stereocenters. The molecular weight excluding hydrogens is 389 g/mol. The molecule has 0 bridgehead atoms. The maximum Gasteiger partial charge on any atom is 0.193 e. The molecule has 0 aliphatic rings. The van der Waals surface area contributed by atoms with E-state index in [4.69, 9.17) is 10.5 Å². The number of anilines is 1. The maximum atomic E-state index is 5.82. The van der Waals surface area contributed by atoms with E-state index in [2.05, 4.69) is 10.3 Å². The van der Waals surface area contributed by atoms with Crippen molar-refractivity contribution in [2.24, 2.45) is 10.7 Å². The van der Waals surface area contributed by atoms with Crippen molar-refractivity contribution >= 4 is 35.6 Å². The fourth-order valence-corrected chi connectivity index (χ4v) is 1.82. The molecule has 0 aliphatic carbocycles. The Hall–Kier alpha value is -1.60. The number of aliphatic imine (C=N–C) groups is 1. The molecule has 2 rings (SSSR count). The van der Waals surface area contributed by atoms with Crippen molar-refractivity contribution in [2.75, 3.05) is 18.5 Å². The van der Waals surface area contributed by atoms with Gasteiger partial charge in [-0.15, -0.1) is 24.0 Å². The summed E-state index contributed by atoms with van der Waals surface area (Å²) >= 11 is 0. The highest BCUT2D eigenvalue weighted by Gasteiger charge is 1.95. The first-order valence-electron chi connectivity index (χ1n) is 6.99. The number of ether oxygens (including phenoxy) is 1. The summed E-state index contributed by atoms with van der Waals surface area (Å²) in [5, 5.41) is 3.05. The van der Waals surface area contributed by atoms with Gasteiger partial charge in [0.2, 0.25) is 0 Å². The van der Waals surface area contributed by atoms with Crippen LogP contribution in [0.4, 0.5) is 5.69 Å². The minimum atomic E-state index is 0. The lowest BCUT2D eigenvalue weighted by molar-refractivity contribution is 0.128. The first-order chi connectivity index (χ1) is 10.2. The zero-order chi connectivity index (χ0) is 14.9. The van der Waals surface area contributed by atoms with E-state index in [1.54, 1.807) is 0 Å². The molecule has 2 aromatic rings. The third-order valence-corrected chi connectivity index (χ3v) is 2.95. The number of nitrogens with zero attached hydrogens (tertiary/aromatic N) is 1. The molecule has 0 saturated heterocycles. The standard InChI is InChI=1S/C17H21N3O.HI/c1-14-7-9-16(10-8-14)20-17(18)19-11-12-21-13-15-5-3-2-4-6-15;/h2-10H,11-13H2,1H3,(H3,18,19,20);1H. The number of rotatable bonds is 6. The SMILES string of the molecule is Cc1ccc(NC(N)=NCCOCc2ccccc2)cc1.I. The minimum absolute atomic E-state index is 0. The van der Waals surface area contributed by atoms with Crippen LogP contribution in [0, 0.1) is 6.92 Å². The van der Waals surface area contributed by atoms with Crippen LogP contribution in [0.25, 0.3) is 0 Å². The topological polar surface area (TPSA) is 59.6 Å². The summed E-state index contributed by atoms with van der Waals surface area (Å²) in [7, 11) is 0. The van der Waals surface area contributed by atoms with Crippen molar-refractivity contribution in [3.63, 3.8) is 0 Å². The Morgan fingerprint density at radius 2 is 1.77 bits per heavy atom. The Morgan fingerprint density at radius 1 is 1.09 bits per heavy atom. The Morgan fingerprint density at radius 3 is 2.45 bits per heavy atom. The predicted octanol–water partition coefficient (Wildman–Crippen LogP) is 3.56. The number of nitrogens with two attached hydrogens (primary N) is 1. The zero-order valence-electron chi connectivity index (χ0n) is 12.7. The number of benzene rings is 2. The molecule has 0 aliphatic heterocycles. The molecule has 0 aromatic heterocycles. The second kappa shape index (κ2) is 10.2. The summed E-state index contributed by atoms with van der Waals surface area (Å²) in [6, 6.07) is 18.1. The van der Waals surface area contributed by atoms with Crippen LogP contribution in [0.3, 0.4) is 0 Å². The molecule has 22 heavy (non-hydrogen) atoms. The lowest BCUT2D eigenvalue weighted by Crippen LogP contribution is -2.23. The fourth-order valence-electron chi connectivity index (χ4n) is 1.82. The van der Waals surface area contributed by atoms with Gasteiger partial charge >= 0.3 is 0 Å². The smallest absolute Gasteiger partial charge is 0.193 e. The third-order valence-electron chi connectivity index (χ3n) is 2.95. The molecule has 0 heterocycles. The number of guanidine groups is 1. The summed E-state index contributed by atoms with van der Waals surface area (Å²) in [4.78, 5) is 4.23. The molecule has 0 amide bonds. The number of hydrogen-bond donors (Lipinski definition) is 2. The van der Waals surface area contributed by atoms with Gasteiger partial charge in [-0.25, -0.2) is 0 Å². The molecule has 2 aromatic carbocycles. The average Bonchev–Trinajstić information content (AvgIpc) is 2.50. The predicted molar refractivity (Wildman–Crippen MR) is 103 cm³/mol. The second-order valence-corrected chi connectivity index (χ2v) is 4.80. The van der Waals surface area contributed by atoms with Gasteiger partial charge in [-0.1, -0.05) is 48.0 Å². The van der Waals surface area contributed by atoms with E-state index in [0.717, 1.165) is 11.3 Å². The quantitative estimate of drug-likeness (QED) is 0.331. The highest BCUT2D eigenvalue weighted by Crippen LogP contribution is 2.07. The van der Waals surface area contributed by atoms with Crippen molar-refractivity contribution < 1.29 is 4.74 Å². The second-order valence-electron chi connectivity index (χ2n) is 4.80. The van der Waals surface area contributed by atoms with Crippen LogP contribution in [0.2, 0.25) is 0 Å². The summed E-state index contributed by atoms with van der Waals surface area (Å²) in [5.74, 6) is 0.405. The highest BCUT2D eigenvalue weighted by atomic mass is 127. The Labute approximate surface area is 148 Å². The number of nitrogens with one attached hydrogen (secondary N) is 1. The highest BCUT2D eigenvalue weighted by molar-refractivity contribution is 14.0. The molecule has 0 spiro atoms. The van der Waals surface area contributed by atoms with Crippen LogP contribution < -0.4 is 11.1 Å². The zero-order valence-corrected chi connectivity index (χ0v) is 15.0. The normalized spacial score (nSPS) is 10.9. The van der Waals surface area contributed by atoms with Crippen LogP contribution >= 0.6 is 24.0 Å². The van der Waals surface area contributed by atoms with Gasteiger partial charge < -0.3 is 15.8 Å². The molecular formula is C17H22IN3O. The van der Waals surface area contributed by atoms with Gasteiger partial charge in [0.05, 0.1) is 19.8 Å². The molecule has 4 nitrogen and oxygen atoms in total. The molecule has 0 fully saturated rings. The Bertz CT molecular complexity index is 570. The van der Waals surface area contributed by atoms with Gasteiger partial charge in [0, 0.05) is 5.69 Å². The van der Waals surface area contributed by atoms with Crippen molar-refractivity contribution in [3.05, 3.63) is 65.7 Å². The summed E-state index contributed by atoms with van der Waals surface area (Å²) in [5.41, 5.74) is 9.13. The van der Waals surface area contributed by atoms with Gasteiger partial charge in [0.25, 0.3) is 0 Å². The summed E-state index contributed by atoms with van der Waals surface area (Å²) in [6.07, 6.45) is 0. The fraction of sp³-hybridized carbons (Fsp3) is 0.235. The summed E-state index contributed by atoms with van der Waals surface area (Å²) < 4.78 is 5.55. The molecule has 5 heteroatoms. The van der Waals surface area contributed by atoms with Gasteiger partial charge in [-0.2, -0.15) is 0 Å². The monoisotopic (exact) mass is 411 g/mol. The maximum absolute atomic E-state index is 5.82. The minimum Gasteiger partial charge on any atom is -0.375 e. The van der Waals surface area contributed by atoms with Gasteiger partial charge in [0.1, 0.15) is 0 Å². The largest absolute Gasteiger partial charge is 0.375 e. The average molecular weight is 411 g/mol. The van der Waals surface area contributed by atoms with Crippen LogP contribution in [-0.4, -0.2) is 19.1 Å². The van der Waals surface area contributed by atoms with E-state index in [0.29, 0.717) is 25.7 Å². The van der Waals surface area contributed by atoms with Crippen molar-refractivity contribution in [3.8, 4) is 0 Å². The van der Waals surface area contributed by atoms with E-state index in [-0.39, 0.29) is 24.0 Å². The lowest BCUT2D eigenvalue weighted by Gasteiger charge is -2.06. The van der Waals surface area contributed by atoms with E-state index < -0.39 is 0 Å². The van der Waals surface area contributed by atoms with Crippen molar-refractivity contribution in [2.45, 2.75) is 13.5 Å². The van der Waals surface area contributed by atoms with E-state index in [1.807, 2.05) is 61.5 Å². The number of aryl methyl sites for hydroxylation is 1. The van der Waals surface area contributed by atoms with Gasteiger partial charge in [0.15, 0.2) is 5.96 Å². The molecule has 0 saturated carbocycles. The van der Waals surface area contributed by atoms with E-state index >= 15 is 0 Å². The Balaban J connectivity index is 0.00000242. The summed E-state index contributed by atoms with van der Waals surface area (Å²) in [6.45, 7) is 3.73. The molecule has 3 N–H and O–H groups in total. The first-order valence-corrected chi connectivity index (χ1v) is 6.99. The van der Waals surface area contributed by atoms with E-state index in [1.165, 1.54) is 5.56 Å². The number of halogens is 1. The van der Waals surface area contributed by atoms with E-state index in [9.17, 15) is 0 Å². The van der Waals surface area contributed by atoms with Crippen molar-refractivity contribution in [1.82, 2.24) is 0 Å². The molecule has 0 atom stereocenters. The van der Waals surface area contributed by atoms with Crippen LogP contribution in [0.5, 0.6) is 0 Å². The first kappa shape index (κ1) is 18.4. The van der Waals surface area contributed by atoms with Crippen LogP contribution in [0.1, 0.15) is 11.1 Å². The Kier molecular flexibility index (Phi) is 8.54. The molecule has 118 valence electrons. The van der Waals surface area contributed by atoms with Gasteiger partial charge in [-0.3, -0.25) is 4.99 Å². The number of hydrogen-bond acceptors (Lipinski definition) is 2. The lowest BCUT2D eigenvalue weighted by atomic mass is 10.2. The molecule has 0 radical (unpaired) electrons. The van der Waals surface area contributed by atoms with Crippen molar-refractivity contribution in [1.29, 1.82) is 0 Å². The van der Waals surface area contributed by atoms with Gasteiger partial charge in [-0.05, 0) is 24.6 Å².